The summed E-state index contributed by atoms with van der Waals surface area (Å²) in [5, 5.41) is 1.50. The van der Waals surface area contributed by atoms with Crippen LogP contribution < -0.4 is 0 Å². The van der Waals surface area contributed by atoms with Crippen LogP contribution in [0.2, 0.25) is 0 Å². The van der Waals surface area contributed by atoms with Crippen LogP contribution >= 0.6 is 0 Å². The highest BCUT2D eigenvalue weighted by atomic mass is 19.4. The molecular weight excluding hydrogens is 470 g/mol. The largest absolute Gasteiger partial charge is 0.737 e. The van der Waals surface area contributed by atoms with E-state index >= 15 is 8.63 Å². The zero-order valence-electron chi connectivity index (χ0n) is 21.1. The number of rotatable bonds is 1. The third-order valence-electron chi connectivity index (χ3n) is 7.07. The number of benzene rings is 3. The highest BCUT2D eigenvalue weighted by Gasteiger charge is 2.50. The van der Waals surface area contributed by atoms with Gasteiger partial charge in [0.25, 0.3) is 0 Å². The van der Waals surface area contributed by atoms with Gasteiger partial charge in [-0.15, -0.1) is 0 Å². The highest BCUT2D eigenvalue weighted by Crippen LogP contribution is 2.42. The number of hydrogen-bond acceptors (Lipinski definition) is 0. The van der Waals surface area contributed by atoms with Crippen molar-refractivity contribution in [2.75, 3.05) is 0 Å². The topological polar surface area (TPSA) is 7.94 Å². The molecule has 1 aliphatic rings. The lowest BCUT2D eigenvalue weighted by Crippen LogP contribution is -2.47. The van der Waals surface area contributed by atoms with Crippen LogP contribution in [-0.4, -0.2) is 22.1 Å². The van der Waals surface area contributed by atoms with E-state index in [1.807, 2.05) is 24.3 Å². The molecule has 188 valence electrons. The molecule has 0 fully saturated rings. The lowest BCUT2D eigenvalue weighted by Gasteiger charge is -2.30. The van der Waals surface area contributed by atoms with Crippen LogP contribution in [0.3, 0.4) is 0 Å². The summed E-state index contributed by atoms with van der Waals surface area (Å²) in [7, 11) is 0. The first-order valence-corrected chi connectivity index (χ1v) is 12.0. The monoisotopic (exact) mass is 498 g/mol. The van der Waals surface area contributed by atoms with Crippen molar-refractivity contribution in [2.24, 2.45) is 0 Å². The maximum atomic E-state index is 16.3. The van der Waals surface area contributed by atoms with Crippen molar-refractivity contribution < 1.29 is 26.3 Å². The molecule has 8 heteroatoms. The zero-order valence-corrected chi connectivity index (χ0v) is 21.1. The normalized spacial score (nSPS) is 16.0. The van der Waals surface area contributed by atoms with Crippen molar-refractivity contribution in [1.29, 1.82) is 0 Å². The summed E-state index contributed by atoms with van der Waals surface area (Å²) in [5.74, 6) is 0. The van der Waals surface area contributed by atoms with E-state index in [2.05, 4.69) is 41.5 Å². The SMILES string of the molecule is CC(C)(C)c1ccc2c(c1)c1cc(C(C)(C)C)cc3c1n2[B-](F)(F)[N+](c1ccc(C(F)(F)F)cc1)=C3. The molecule has 36 heavy (non-hydrogen) atoms. The van der Waals surface area contributed by atoms with Gasteiger partial charge in [-0.05, 0) is 58.4 Å². The first kappa shape index (κ1) is 24.5. The molecule has 1 aromatic heterocycles. The molecular formula is C28H28BF5N2. The first-order chi connectivity index (χ1) is 16.5. The van der Waals surface area contributed by atoms with Gasteiger partial charge in [0.15, 0.2) is 5.69 Å². The van der Waals surface area contributed by atoms with E-state index in [0.29, 0.717) is 16.6 Å². The van der Waals surface area contributed by atoms with E-state index < -0.39 is 18.7 Å². The third-order valence-corrected chi connectivity index (χ3v) is 7.07. The number of hydrogen-bond donors (Lipinski definition) is 0. The summed E-state index contributed by atoms with van der Waals surface area (Å²) in [5.41, 5.74) is 2.20. The number of fused-ring (bicyclic) bond motifs is 3. The molecule has 4 aromatic rings. The van der Waals surface area contributed by atoms with Crippen LogP contribution in [0.25, 0.3) is 21.8 Å². The van der Waals surface area contributed by atoms with Gasteiger partial charge in [0.1, 0.15) is 6.21 Å². The quantitative estimate of drug-likeness (QED) is 0.184. The molecule has 3 aromatic carbocycles. The minimum absolute atomic E-state index is 0.00104. The summed E-state index contributed by atoms with van der Waals surface area (Å²) in [4.78, 5) is 0. The average molecular weight is 498 g/mol. The van der Waals surface area contributed by atoms with Crippen LogP contribution in [-0.2, 0) is 17.0 Å². The van der Waals surface area contributed by atoms with Crippen LogP contribution in [0.4, 0.5) is 27.5 Å². The Balaban J connectivity index is 1.84. The Hall–Kier alpha value is -3.16. The van der Waals surface area contributed by atoms with Gasteiger partial charge in [0, 0.05) is 33.9 Å². The fourth-order valence-corrected chi connectivity index (χ4v) is 4.97. The second kappa shape index (κ2) is 7.43. The predicted molar refractivity (Wildman–Crippen MR) is 137 cm³/mol. The van der Waals surface area contributed by atoms with Crippen molar-refractivity contribution in [3.05, 3.63) is 76.9 Å². The van der Waals surface area contributed by atoms with Gasteiger partial charge >= 0.3 is 13.1 Å². The van der Waals surface area contributed by atoms with E-state index in [1.54, 1.807) is 6.07 Å². The van der Waals surface area contributed by atoms with Crippen molar-refractivity contribution in [3.8, 4) is 0 Å². The summed E-state index contributed by atoms with van der Waals surface area (Å²) in [6.07, 6.45) is -3.16. The minimum Gasteiger partial charge on any atom is -0.389 e. The van der Waals surface area contributed by atoms with Gasteiger partial charge < -0.3 is 17.6 Å². The van der Waals surface area contributed by atoms with Crippen molar-refractivity contribution >= 4 is 40.7 Å². The summed E-state index contributed by atoms with van der Waals surface area (Å²) < 4.78 is 73.7. The smallest absolute Gasteiger partial charge is 0.389 e. The minimum atomic E-state index is -4.54. The standard InChI is InChI=1S/C28H28BF5N2/c1-26(2,3)19-9-12-24-22(14-19)23-15-20(27(4,5)6)13-17-16-35(29(33,34)36(24)25(17)23)21-10-7-18(8-11-21)28(30,31)32/h7-16H,1-6H3. The molecule has 0 spiro atoms. The molecule has 0 N–H and O–H groups in total. The van der Waals surface area contributed by atoms with Crippen molar-refractivity contribution in [3.63, 3.8) is 0 Å². The molecule has 0 bridgehead atoms. The first-order valence-electron chi connectivity index (χ1n) is 12.0. The Morgan fingerprint density at radius 2 is 1.25 bits per heavy atom. The second-order valence-corrected chi connectivity index (χ2v) is 11.7. The summed E-state index contributed by atoms with van der Waals surface area (Å²) in [6, 6.07) is 13.4. The van der Waals surface area contributed by atoms with Crippen LogP contribution in [0.1, 0.15) is 63.8 Å². The van der Waals surface area contributed by atoms with E-state index in [0.717, 1.165) is 55.1 Å². The Bertz CT molecular complexity index is 1550. The molecule has 0 aliphatic carbocycles. The number of aromatic nitrogens is 1. The maximum absolute atomic E-state index is 16.3. The van der Waals surface area contributed by atoms with Crippen LogP contribution in [0.15, 0.2) is 54.6 Å². The molecule has 0 radical (unpaired) electrons. The molecule has 0 unspecified atom stereocenters. The average Bonchev–Trinajstić information content (AvgIpc) is 3.10. The molecule has 1 aliphatic heterocycles. The molecule has 0 saturated carbocycles. The van der Waals surface area contributed by atoms with Crippen molar-refractivity contribution in [2.45, 2.75) is 58.5 Å². The number of alkyl halides is 3. The maximum Gasteiger partial charge on any atom is 0.737 e. The Labute approximate surface area is 207 Å². The van der Waals surface area contributed by atoms with E-state index in [4.69, 9.17) is 0 Å². The molecule has 2 nitrogen and oxygen atoms in total. The zero-order chi connectivity index (χ0) is 26.4. The lowest BCUT2D eigenvalue weighted by molar-refractivity contribution is -0.325. The van der Waals surface area contributed by atoms with Crippen LogP contribution in [0, 0.1) is 0 Å². The van der Waals surface area contributed by atoms with Gasteiger partial charge in [0.05, 0.1) is 11.1 Å². The van der Waals surface area contributed by atoms with Gasteiger partial charge in [0.2, 0.25) is 0 Å². The van der Waals surface area contributed by atoms with Gasteiger partial charge in [-0.1, -0.05) is 47.6 Å². The molecule has 0 saturated heterocycles. The molecule has 0 amide bonds. The summed E-state index contributed by atoms with van der Waals surface area (Å²) in [6.45, 7) is 8.06. The van der Waals surface area contributed by atoms with Gasteiger partial charge in [-0.2, -0.15) is 13.2 Å². The Morgan fingerprint density at radius 1 is 0.694 bits per heavy atom. The molecule has 5 rings (SSSR count). The van der Waals surface area contributed by atoms with Gasteiger partial charge in [-0.3, -0.25) is 0 Å². The van der Waals surface area contributed by atoms with Crippen LogP contribution in [0.5, 0.6) is 0 Å². The van der Waals surface area contributed by atoms with E-state index in [-0.39, 0.29) is 16.5 Å². The third kappa shape index (κ3) is 3.73. The van der Waals surface area contributed by atoms with E-state index in [9.17, 15) is 13.2 Å². The fourth-order valence-electron chi connectivity index (χ4n) is 4.97. The number of nitrogens with zero attached hydrogens (tertiary/aromatic N) is 2. The highest BCUT2D eigenvalue weighted by molar-refractivity contribution is 6.60. The number of halogens is 5. The van der Waals surface area contributed by atoms with Gasteiger partial charge in [-0.25, -0.2) is 0 Å². The Kier molecular flexibility index (Phi) is 5.07. The van der Waals surface area contributed by atoms with E-state index in [1.165, 1.54) is 6.21 Å². The Morgan fingerprint density at radius 3 is 1.81 bits per heavy atom. The predicted octanol–water partition coefficient (Wildman–Crippen LogP) is 8.41. The van der Waals surface area contributed by atoms with Crippen molar-refractivity contribution in [1.82, 2.24) is 4.48 Å². The second-order valence-electron chi connectivity index (χ2n) is 11.7. The molecule has 0 atom stereocenters. The fraction of sp³-hybridized carbons (Fsp3) is 0.321. The molecule has 2 heterocycles. The lowest BCUT2D eigenvalue weighted by atomic mass is 9.83. The summed E-state index contributed by atoms with van der Waals surface area (Å²) >= 11 is 0.